The van der Waals surface area contributed by atoms with Gasteiger partial charge in [-0.15, -0.1) is 0 Å². The zero-order valence-corrected chi connectivity index (χ0v) is 11.8. The molecule has 5 heteroatoms. The van der Waals surface area contributed by atoms with Crippen LogP contribution in [0, 0.1) is 5.41 Å². The molecule has 19 heavy (non-hydrogen) atoms. The van der Waals surface area contributed by atoms with Gasteiger partial charge in [0, 0.05) is 31.6 Å². The predicted molar refractivity (Wildman–Crippen MR) is 78.1 cm³/mol. The van der Waals surface area contributed by atoms with Crippen LogP contribution in [0.1, 0.15) is 20.3 Å². The average Bonchev–Trinajstić information content (AvgIpc) is 2.37. The Morgan fingerprint density at radius 1 is 1.32 bits per heavy atom. The first kappa shape index (κ1) is 15.3. The lowest BCUT2D eigenvalue weighted by molar-refractivity contribution is 0.151. The zero-order chi connectivity index (χ0) is 14.3. The molecule has 1 aromatic rings. The van der Waals surface area contributed by atoms with Crippen molar-refractivity contribution in [2.75, 3.05) is 31.3 Å². The molecule has 0 aromatic heterocycles. The maximum absolute atomic E-state index is 11.7. The van der Waals surface area contributed by atoms with E-state index in [4.69, 9.17) is 10.5 Å². The summed E-state index contributed by atoms with van der Waals surface area (Å²) >= 11 is 0. The van der Waals surface area contributed by atoms with E-state index in [1.165, 1.54) is 0 Å². The minimum Gasteiger partial charge on any atom is -0.399 e. The third kappa shape index (κ3) is 6.10. The molecular formula is C14H23N3O2. The van der Waals surface area contributed by atoms with Crippen molar-refractivity contribution in [3.63, 3.8) is 0 Å². The Balaban J connectivity index is 2.37. The molecule has 0 fully saturated rings. The van der Waals surface area contributed by atoms with Crippen molar-refractivity contribution in [1.82, 2.24) is 5.32 Å². The van der Waals surface area contributed by atoms with Crippen LogP contribution < -0.4 is 16.4 Å². The van der Waals surface area contributed by atoms with Crippen molar-refractivity contribution in [1.29, 1.82) is 0 Å². The van der Waals surface area contributed by atoms with Crippen LogP contribution in [-0.2, 0) is 4.74 Å². The van der Waals surface area contributed by atoms with Gasteiger partial charge in [-0.1, -0.05) is 13.8 Å². The summed E-state index contributed by atoms with van der Waals surface area (Å²) in [6, 6.07) is 6.82. The highest BCUT2D eigenvalue weighted by Gasteiger charge is 2.18. The Morgan fingerprint density at radius 2 is 1.95 bits per heavy atom. The van der Waals surface area contributed by atoms with Crippen LogP contribution in [0.15, 0.2) is 24.3 Å². The Morgan fingerprint density at radius 3 is 2.53 bits per heavy atom. The minimum absolute atomic E-state index is 0.00840. The van der Waals surface area contributed by atoms with Crippen molar-refractivity contribution < 1.29 is 9.53 Å². The van der Waals surface area contributed by atoms with Crippen LogP contribution in [-0.4, -0.2) is 26.3 Å². The number of carbonyl (C=O) groups excluding carboxylic acids is 1. The quantitative estimate of drug-likeness (QED) is 0.691. The first-order chi connectivity index (χ1) is 8.93. The number of carbonyl (C=O) groups is 1. The molecule has 0 saturated carbocycles. The first-order valence-electron chi connectivity index (χ1n) is 6.32. The fourth-order valence-corrected chi connectivity index (χ4v) is 1.53. The molecule has 5 nitrogen and oxygen atoms in total. The van der Waals surface area contributed by atoms with Crippen molar-refractivity contribution >= 4 is 17.4 Å². The summed E-state index contributed by atoms with van der Waals surface area (Å²) in [5.74, 6) is 0. The van der Waals surface area contributed by atoms with E-state index in [-0.39, 0.29) is 11.4 Å². The molecular weight excluding hydrogens is 242 g/mol. The third-order valence-electron chi connectivity index (χ3n) is 2.88. The number of hydrogen-bond acceptors (Lipinski definition) is 3. The van der Waals surface area contributed by atoms with Gasteiger partial charge in [0.1, 0.15) is 0 Å². The molecule has 0 saturated heterocycles. The number of anilines is 2. The van der Waals surface area contributed by atoms with E-state index < -0.39 is 0 Å². The number of methoxy groups -OCH3 is 1. The van der Waals surface area contributed by atoms with Crippen LogP contribution in [0.5, 0.6) is 0 Å². The van der Waals surface area contributed by atoms with Gasteiger partial charge in [0.2, 0.25) is 0 Å². The minimum atomic E-state index is -0.213. The van der Waals surface area contributed by atoms with E-state index in [1.54, 1.807) is 31.4 Å². The molecule has 0 bridgehead atoms. The number of nitrogens with two attached hydrogens (primary N) is 1. The number of hydrogen-bond donors (Lipinski definition) is 3. The van der Waals surface area contributed by atoms with Crippen LogP contribution >= 0.6 is 0 Å². The van der Waals surface area contributed by atoms with Gasteiger partial charge in [-0.3, -0.25) is 0 Å². The Labute approximate surface area is 114 Å². The first-order valence-corrected chi connectivity index (χ1v) is 6.32. The highest BCUT2D eigenvalue weighted by atomic mass is 16.5. The van der Waals surface area contributed by atoms with Gasteiger partial charge in [-0.2, -0.15) is 0 Å². The van der Waals surface area contributed by atoms with Crippen LogP contribution in [0.3, 0.4) is 0 Å². The average molecular weight is 265 g/mol. The van der Waals surface area contributed by atoms with Crippen molar-refractivity contribution in [3.8, 4) is 0 Å². The summed E-state index contributed by atoms with van der Waals surface area (Å²) in [7, 11) is 1.68. The highest BCUT2D eigenvalue weighted by molar-refractivity contribution is 5.89. The van der Waals surface area contributed by atoms with Crippen LogP contribution in [0.4, 0.5) is 16.2 Å². The van der Waals surface area contributed by atoms with Crippen molar-refractivity contribution in [3.05, 3.63) is 24.3 Å². The highest BCUT2D eigenvalue weighted by Crippen LogP contribution is 2.18. The molecule has 0 heterocycles. The fourth-order valence-electron chi connectivity index (χ4n) is 1.53. The Bertz CT molecular complexity index is 402. The molecule has 0 aliphatic heterocycles. The Hall–Kier alpha value is -1.75. The van der Waals surface area contributed by atoms with E-state index in [1.807, 2.05) is 0 Å². The number of benzene rings is 1. The fraction of sp³-hybridized carbons (Fsp3) is 0.500. The summed E-state index contributed by atoms with van der Waals surface area (Å²) in [6.45, 7) is 5.47. The molecule has 0 aliphatic rings. The molecule has 4 N–H and O–H groups in total. The van der Waals surface area contributed by atoms with E-state index in [2.05, 4.69) is 24.5 Å². The van der Waals surface area contributed by atoms with Gasteiger partial charge in [0.25, 0.3) is 0 Å². The van der Waals surface area contributed by atoms with E-state index >= 15 is 0 Å². The van der Waals surface area contributed by atoms with Crippen molar-refractivity contribution in [2.45, 2.75) is 20.3 Å². The molecule has 0 aliphatic carbocycles. The van der Waals surface area contributed by atoms with E-state index in [9.17, 15) is 4.79 Å². The maximum atomic E-state index is 11.7. The van der Waals surface area contributed by atoms with Gasteiger partial charge >= 0.3 is 6.03 Å². The number of ether oxygens (including phenoxy) is 1. The molecule has 0 unspecified atom stereocenters. The van der Waals surface area contributed by atoms with Gasteiger partial charge < -0.3 is 21.1 Å². The SMILES string of the molecule is COCCC(C)(C)CNC(=O)Nc1ccc(N)cc1. The van der Waals surface area contributed by atoms with E-state index in [0.29, 0.717) is 18.8 Å². The van der Waals surface area contributed by atoms with Gasteiger partial charge in [0.15, 0.2) is 0 Å². The largest absolute Gasteiger partial charge is 0.399 e. The molecule has 1 aromatic carbocycles. The molecule has 0 spiro atoms. The van der Waals surface area contributed by atoms with Crippen LogP contribution in [0.2, 0.25) is 0 Å². The summed E-state index contributed by atoms with van der Waals surface area (Å²) in [4.78, 5) is 11.7. The number of amides is 2. The number of nitrogens with one attached hydrogen (secondary N) is 2. The smallest absolute Gasteiger partial charge is 0.319 e. The molecule has 2 amide bonds. The van der Waals surface area contributed by atoms with E-state index in [0.717, 1.165) is 12.1 Å². The van der Waals surface area contributed by atoms with Gasteiger partial charge in [0.05, 0.1) is 0 Å². The lowest BCUT2D eigenvalue weighted by Gasteiger charge is -2.24. The number of rotatable bonds is 6. The number of urea groups is 1. The monoisotopic (exact) mass is 265 g/mol. The molecule has 106 valence electrons. The Kier molecular flexibility index (Phi) is 5.63. The normalized spacial score (nSPS) is 11.1. The number of nitrogen functional groups attached to an aromatic ring is 1. The summed E-state index contributed by atoms with van der Waals surface area (Å²) < 4.78 is 5.05. The second kappa shape index (κ2) is 6.99. The summed E-state index contributed by atoms with van der Waals surface area (Å²) in [5, 5.41) is 5.62. The molecule has 1 rings (SSSR count). The van der Waals surface area contributed by atoms with Crippen LogP contribution in [0.25, 0.3) is 0 Å². The van der Waals surface area contributed by atoms with Gasteiger partial charge in [-0.05, 0) is 36.1 Å². The maximum Gasteiger partial charge on any atom is 0.319 e. The topological polar surface area (TPSA) is 76.4 Å². The standard InChI is InChI=1S/C14H23N3O2/c1-14(2,8-9-19-3)10-16-13(18)17-12-6-4-11(15)5-7-12/h4-7H,8-10,15H2,1-3H3,(H2,16,17,18). The third-order valence-corrected chi connectivity index (χ3v) is 2.88. The molecule has 0 atom stereocenters. The second-order valence-electron chi connectivity index (χ2n) is 5.34. The van der Waals surface area contributed by atoms with Crippen molar-refractivity contribution in [2.24, 2.45) is 5.41 Å². The summed E-state index contributed by atoms with van der Waals surface area (Å²) in [5.41, 5.74) is 6.98. The second-order valence-corrected chi connectivity index (χ2v) is 5.34. The zero-order valence-electron chi connectivity index (χ0n) is 11.8. The summed E-state index contributed by atoms with van der Waals surface area (Å²) in [6.07, 6.45) is 0.894. The molecule has 0 radical (unpaired) electrons. The lowest BCUT2D eigenvalue weighted by Crippen LogP contribution is -2.37. The predicted octanol–water partition coefficient (Wildman–Crippen LogP) is 2.45. The van der Waals surface area contributed by atoms with Gasteiger partial charge in [-0.25, -0.2) is 4.79 Å². The lowest BCUT2D eigenvalue weighted by atomic mass is 9.90.